The number of carbonyl (C=O) groups excluding carboxylic acids is 4. The van der Waals surface area contributed by atoms with Crippen LogP contribution in [0.5, 0.6) is 0 Å². The number of nitrogens with one attached hydrogen (secondary N) is 3. The molecule has 2 rings (SSSR count). The summed E-state index contributed by atoms with van der Waals surface area (Å²) >= 11 is 0. The van der Waals surface area contributed by atoms with Gasteiger partial charge in [0.2, 0.25) is 0 Å². The molecule has 2 heterocycles. The van der Waals surface area contributed by atoms with Crippen molar-refractivity contribution in [1.82, 2.24) is 19.7 Å². The summed E-state index contributed by atoms with van der Waals surface area (Å²) in [6, 6.07) is -3.24. The van der Waals surface area contributed by atoms with Crippen LogP contribution in [-0.4, -0.2) is 97.9 Å². The fourth-order valence-corrected chi connectivity index (χ4v) is 5.48. The van der Waals surface area contributed by atoms with Crippen molar-refractivity contribution in [3.63, 3.8) is 0 Å². The molecule has 1 aliphatic heterocycles. The molecule has 1 aliphatic rings. The molecule has 0 radical (unpaired) electrons. The zero-order chi connectivity index (χ0) is 30.9. The number of methoxy groups -OCH3 is 4. The summed E-state index contributed by atoms with van der Waals surface area (Å²) < 4.78 is 44.6. The van der Waals surface area contributed by atoms with E-state index in [2.05, 4.69) is 34.1 Å². The van der Waals surface area contributed by atoms with Crippen molar-refractivity contribution in [2.75, 3.05) is 35.0 Å². The van der Waals surface area contributed by atoms with Gasteiger partial charge in [-0.2, -0.15) is 0 Å². The SMILES string of the molecule is COC(=O)CC(NP(=O)(NC(CC(=O)OC)C(=O)OC)OC[C@H]1O[C@@H](n2cc(C)c(=O)[nH]c2=O)C[C@@H]1O)C(=O)OC. The highest BCUT2D eigenvalue weighted by Gasteiger charge is 2.41. The monoisotopic (exact) mass is 608 g/mol. The number of aromatic amines is 1. The Kier molecular flexibility index (Phi) is 12.4. The Morgan fingerprint density at radius 1 is 1.02 bits per heavy atom. The average Bonchev–Trinajstić information content (AvgIpc) is 3.31. The lowest BCUT2D eigenvalue weighted by Gasteiger charge is -2.28. The second-order valence-electron chi connectivity index (χ2n) is 8.73. The summed E-state index contributed by atoms with van der Waals surface area (Å²) in [4.78, 5) is 74.5. The van der Waals surface area contributed by atoms with Crippen molar-refractivity contribution in [1.29, 1.82) is 0 Å². The molecule has 1 aromatic heterocycles. The van der Waals surface area contributed by atoms with Crippen molar-refractivity contribution in [3.8, 4) is 0 Å². The van der Waals surface area contributed by atoms with E-state index in [1.165, 1.54) is 13.1 Å². The van der Waals surface area contributed by atoms with E-state index >= 15 is 0 Å². The number of hydrogen-bond donors (Lipinski definition) is 4. The minimum absolute atomic E-state index is 0.120. The summed E-state index contributed by atoms with van der Waals surface area (Å²) in [7, 11) is -0.498. The third kappa shape index (κ3) is 9.31. The Morgan fingerprint density at radius 2 is 1.54 bits per heavy atom. The number of ether oxygens (including phenoxy) is 5. The molecule has 5 atom stereocenters. The molecular formula is C22H33N4O14P. The van der Waals surface area contributed by atoms with Gasteiger partial charge < -0.3 is 33.3 Å². The Hall–Kier alpha value is -3.41. The van der Waals surface area contributed by atoms with Gasteiger partial charge in [0, 0.05) is 18.2 Å². The number of esters is 4. The van der Waals surface area contributed by atoms with Crippen LogP contribution in [0.1, 0.15) is 31.1 Å². The molecule has 0 amide bonds. The van der Waals surface area contributed by atoms with Crippen molar-refractivity contribution in [2.24, 2.45) is 0 Å². The van der Waals surface area contributed by atoms with Gasteiger partial charge >= 0.3 is 37.2 Å². The number of rotatable bonds is 14. The van der Waals surface area contributed by atoms with Gasteiger partial charge in [0.25, 0.3) is 5.56 Å². The second-order valence-corrected chi connectivity index (χ2v) is 10.6. The third-order valence-electron chi connectivity index (χ3n) is 5.90. The largest absolute Gasteiger partial charge is 0.469 e. The van der Waals surface area contributed by atoms with Gasteiger partial charge in [-0.15, -0.1) is 0 Å². The van der Waals surface area contributed by atoms with E-state index in [-0.39, 0.29) is 12.0 Å². The molecule has 0 spiro atoms. The smallest absolute Gasteiger partial charge is 0.342 e. The number of carbonyl (C=O) groups is 4. The lowest BCUT2D eigenvalue weighted by molar-refractivity contribution is -0.149. The van der Waals surface area contributed by atoms with Gasteiger partial charge in [-0.3, -0.25) is 38.1 Å². The molecule has 2 unspecified atom stereocenters. The first-order valence-electron chi connectivity index (χ1n) is 12.0. The van der Waals surface area contributed by atoms with Crippen molar-refractivity contribution in [2.45, 2.75) is 56.7 Å². The first-order valence-corrected chi connectivity index (χ1v) is 13.6. The topological polar surface area (TPSA) is 240 Å². The highest BCUT2D eigenvalue weighted by atomic mass is 31.2. The van der Waals surface area contributed by atoms with E-state index in [9.17, 15) is 38.4 Å². The molecule has 1 aromatic rings. The number of aromatic nitrogens is 2. The zero-order valence-corrected chi connectivity index (χ0v) is 23.8. The minimum Gasteiger partial charge on any atom is -0.469 e. The number of aliphatic hydroxyl groups excluding tert-OH is 1. The maximum atomic E-state index is 14.0. The molecule has 0 aromatic carbocycles. The minimum atomic E-state index is -4.62. The van der Waals surface area contributed by atoms with Crippen LogP contribution in [0.2, 0.25) is 0 Å². The fourth-order valence-electron chi connectivity index (χ4n) is 3.68. The fraction of sp³-hybridized carbons (Fsp3) is 0.636. The predicted octanol–water partition coefficient (Wildman–Crippen LogP) is -1.99. The molecule has 230 valence electrons. The first-order chi connectivity index (χ1) is 19.3. The van der Waals surface area contributed by atoms with Crippen LogP contribution < -0.4 is 21.4 Å². The maximum Gasteiger partial charge on any atom is 0.342 e. The Balaban J connectivity index is 2.34. The Labute approximate surface area is 233 Å². The number of aryl methyl sites for hydroxylation is 1. The number of nitrogens with zero attached hydrogens (tertiary/aromatic N) is 1. The second kappa shape index (κ2) is 15.0. The molecule has 0 aliphatic carbocycles. The number of H-pyrrole nitrogens is 1. The molecule has 4 N–H and O–H groups in total. The lowest BCUT2D eigenvalue weighted by atomic mass is 10.2. The zero-order valence-electron chi connectivity index (χ0n) is 22.9. The summed E-state index contributed by atoms with van der Waals surface area (Å²) in [5.74, 6) is -3.88. The van der Waals surface area contributed by atoms with Crippen LogP contribution in [-0.2, 0) is 52.0 Å². The molecule has 0 saturated carbocycles. The number of hydrogen-bond acceptors (Lipinski definition) is 14. The standard InChI is InChI=1S/C22H33N4O14P/c1-11-9-26(22(33)23-19(11)30)16-8-14(27)15(40-16)10-39-41(34,24-12(20(31)37-4)6-17(28)35-2)25-13(21(32)38-5)7-18(29)36-3/h9,12-16,27H,6-8,10H2,1-5H3,(H,23,30,33)(H2,24,25,34)/t12?,13?,14-,15+,16+,41?/m0/s1. The van der Waals surface area contributed by atoms with Gasteiger partial charge in [0.1, 0.15) is 24.4 Å². The molecule has 41 heavy (non-hydrogen) atoms. The third-order valence-corrected chi connectivity index (χ3v) is 7.72. The van der Waals surface area contributed by atoms with E-state index in [0.29, 0.717) is 0 Å². The molecule has 18 nitrogen and oxygen atoms in total. The number of aliphatic hydroxyl groups is 1. The van der Waals surface area contributed by atoms with Crippen LogP contribution in [0.3, 0.4) is 0 Å². The average molecular weight is 608 g/mol. The Morgan fingerprint density at radius 3 is 2.00 bits per heavy atom. The van der Waals surface area contributed by atoms with Gasteiger partial charge in [0.05, 0.1) is 54.0 Å². The van der Waals surface area contributed by atoms with E-state index < -0.39 is 92.8 Å². The van der Waals surface area contributed by atoms with E-state index in [1.807, 2.05) is 0 Å². The molecule has 0 bridgehead atoms. The van der Waals surface area contributed by atoms with E-state index in [0.717, 1.165) is 33.0 Å². The predicted molar refractivity (Wildman–Crippen MR) is 135 cm³/mol. The van der Waals surface area contributed by atoms with Crippen LogP contribution in [0.4, 0.5) is 0 Å². The molecule has 1 fully saturated rings. The van der Waals surface area contributed by atoms with Crippen molar-refractivity contribution in [3.05, 3.63) is 32.6 Å². The quantitative estimate of drug-likeness (QED) is 0.101. The summed E-state index contributed by atoms with van der Waals surface area (Å²) in [5, 5.41) is 15.2. The van der Waals surface area contributed by atoms with Crippen LogP contribution >= 0.6 is 7.67 Å². The summed E-state index contributed by atoms with van der Waals surface area (Å²) in [5.41, 5.74) is -1.18. The van der Waals surface area contributed by atoms with Crippen molar-refractivity contribution >= 4 is 31.5 Å². The van der Waals surface area contributed by atoms with Gasteiger partial charge in [-0.25, -0.2) is 15.0 Å². The van der Waals surface area contributed by atoms with Crippen LogP contribution in [0.15, 0.2) is 15.8 Å². The van der Waals surface area contributed by atoms with E-state index in [4.69, 9.17) is 9.26 Å². The normalized spacial score (nSPS) is 21.3. The Bertz CT molecular complexity index is 1240. The van der Waals surface area contributed by atoms with Gasteiger partial charge in [0.15, 0.2) is 0 Å². The highest BCUT2D eigenvalue weighted by Crippen LogP contribution is 2.41. The van der Waals surface area contributed by atoms with Gasteiger partial charge in [-0.05, 0) is 6.92 Å². The van der Waals surface area contributed by atoms with Crippen molar-refractivity contribution < 1.29 is 57.1 Å². The molecule has 1 saturated heterocycles. The van der Waals surface area contributed by atoms with E-state index in [1.54, 1.807) is 0 Å². The van der Waals surface area contributed by atoms with Gasteiger partial charge in [-0.1, -0.05) is 0 Å². The summed E-state index contributed by atoms with van der Waals surface area (Å²) in [6.07, 6.45) is -3.71. The van der Waals surface area contributed by atoms with Crippen LogP contribution in [0, 0.1) is 6.92 Å². The summed E-state index contributed by atoms with van der Waals surface area (Å²) in [6.45, 7) is 0.816. The lowest BCUT2D eigenvalue weighted by Crippen LogP contribution is -2.46. The first kappa shape index (κ1) is 33.8. The maximum absolute atomic E-state index is 14.0. The molecular weight excluding hydrogens is 575 g/mol. The highest BCUT2D eigenvalue weighted by molar-refractivity contribution is 7.54. The van der Waals surface area contributed by atoms with Crippen LogP contribution in [0.25, 0.3) is 0 Å². The molecule has 19 heteroatoms.